The molecule has 1 atom stereocenters. The van der Waals surface area contributed by atoms with Crippen LogP contribution in [0.4, 0.5) is 8.78 Å². The summed E-state index contributed by atoms with van der Waals surface area (Å²) in [5.74, 6) is -1.11. The van der Waals surface area contributed by atoms with Crippen molar-refractivity contribution in [2.45, 2.75) is 17.3 Å². The first-order valence-electron chi connectivity index (χ1n) is 4.92. The second-order valence-corrected chi connectivity index (χ2v) is 4.79. The van der Waals surface area contributed by atoms with Gasteiger partial charge < -0.3 is 0 Å². The van der Waals surface area contributed by atoms with E-state index < -0.39 is 16.9 Å². The van der Waals surface area contributed by atoms with E-state index in [-0.39, 0.29) is 5.56 Å². The van der Waals surface area contributed by atoms with Gasteiger partial charge in [0.1, 0.15) is 11.6 Å². The SMILES string of the molecule is C[C@@H](Sc1nnnn1C)c1c(F)cccc1F. The van der Waals surface area contributed by atoms with Crippen LogP contribution in [0.1, 0.15) is 17.7 Å². The van der Waals surface area contributed by atoms with Gasteiger partial charge in [-0.1, -0.05) is 17.8 Å². The molecule has 1 heterocycles. The summed E-state index contributed by atoms with van der Waals surface area (Å²) < 4.78 is 28.5. The minimum absolute atomic E-state index is 0.0421. The molecule has 2 aromatic rings. The van der Waals surface area contributed by atoms with Gasteiger partial charge in [-0.25, -0.2) is 13.5 Å². The van der Waals surface area contributed by atoms with Gasteiger partial charge >= 0.3 is 0 Å². The summed E-state index contributed by atoms with van der Waals surface area (Å²) in [6.45, 7) is 1.71. The van der Waals surface area contributed by atoms with Gasteiger partial charge in [-0.05, 0) is 29.5 Å². The minimum Gasteiger partial charge on any atom is -0.224 e. The number of hydrogen-bond acceptors (Lipinski definition) is 4. The number of thioether (sulfide) groups is 1. The molecule has 90 valence electrons. The first kappa shape index (κ1) is 12.0. The van der Waals surface area contributed by atoms with Crippen LogP contribution >= 0.6 is 11.8 Å². The average Bonchev–Trinajstić information content (AvgIpc) is 2.64. The van der Waals surface area contributed by atoms with Crippen LogP contribution in [0.3, 0.4) is 0 Å². The molecule has 0 aliphatic rings. The fourth-order valence-electron chi connectivity index (χ4n) is 1.44. The highest BCUT2D eigenvalue weighted by Gasteiger charge is 2.19. The molecule has 4 nitrogen and oxygen atoms in total. The Morgan fingerprint density at radius 2 is 1.94 bits per heavy atom. The Hall–Kier alpha value is -1.50. The van der Waals surface area contributed by atoms with Gasteiger partial charge in [-0.15, -0.1) is 5.10 Å². The van der Waals surface area contributed by atoms with Gasteiger partial charge in [0.2, 0.25) is 5.16 Å². The normalized spacial score (nSPS) is 12.7. The highest BCUT2D eigenvalue weighted by atomic mass is 32.2. The van der Waals surface area contributed by atoms with Crippen LogP contribution in [0.2, 0.25) is 0 Å². The summed E-state index contributed by atoms with van der Waals surface area (Å²) >= 11 is 1.21. The van der Waals surface area contributed by atoms with Crippen molar-refractivity contribution in [1.82, 2.24) is 20.2 Å². The van der Waals surface area contributed by atoms with Crippen molar-refractivity contribution in [2.24, 2.45) is 7.05 Å². The monoisotopic (exact) mass is 256 g/mol. The molecule has 0 radical (unpaired) electrons. The van der Waals surface area contributed by atoms with E-state index in [2.05, 4.69) is 15.5 Å². The van der Waals surface area contributed by atoms with Crippen molar-refractivity contribution in [3.8, 4) is 0 Å². The van der Waals surface area contributed by atoms with E-state index in [0.29, 0.717) is 5.16 Å². The summed E-state index contributed by atoms with van der Waals surface area (Å²) in [4.78, 5) is 0. The number of aromatic nitrogens is 4. The number of benzene rings is 1. The molecular weight excluding hydrogens is 246 g/mol. The lowest BCUT2D eigenvalue weighted by Gasteiger charge is -2.11. The zero-order valence-electron chi connectivity index (χ0n) is 9.26. The van der Waals surface area contributed by atoms with Crippen LogP contribution in [0.5, 0.6) is 0 Å². The maximum atomic E-state index is 13.5. The van der Waals surface area contributed by atoms with E-state index >= 15 is 0 Å². The highest BCUT2D eigenvalue weighted by Crippen LogP contribution is 2.35. The van der Waals surface area contributed by atoms with Crippen LogP contribution in [0.25, 0.3) is 0 Å². The Morgan fingerprint density at radius 3 is 2.47 bits per heavy atom. The number of halogens is 2. The van der Waals surface area contributed by atoms with Gasteiger partial charge in [0.25, 0.3) is 0 Å². The second-order valence-electron chi connectivity index (χ2n) is 3.48. The topological polar surface area (TPSA) is 43.6 Å². The fourth-order valence-corrected chi connectivity index (χ4v) is 2.37. The van der Waals surface area contributed by atoms with Crippen LogP contribution in [-0.4, -0.2) is 20.2 Å². The molecule has 0 saturated heterocycles. The largest absolute Gasteiger partial charge is 0.224 e. The summed E-state index contributed by atoms with van der Waals surface area (Å²) in [5.41, 5.74) is 0.0421. The Labute approximate surface area is 101 Å². The third kappa shape index (κ3) is 2.44. The lowest BCUT2D eigenvalue weighted by molar-refractivity contribution is 0.556. The number of tetrazole rings is 1. The maximum absolute atomic E-state index is 13.5. The van der Waals surface area contributed by atoms with Gasteiger partial charge in [0, 0.05) is 17.9 Å². The Bertz CT molecular complexity index is 509. The average molecular weight is 256 g/mol. The summed E-state index contributed by atoms with van der Waals surface area (Å²) in [6, 6.07) is 3.82. The molecule has 0 aliphatic heterocycles. The lowest BCUT2D eigenvalue weighted by atomic mass is 10.1. The Morgan fingerprint density at radius 1 is 1.29 bits per heavy atom. The first-order valence-corrected chi connectivity index (χ1v) is 5.80. The molecule has 0 unspecified atom stereocenters. The first-order chi connectivity index (χ1) is 8.09. The van der Waals surface area contributed by atoms with Crippen molar-refractivity contribution < 1.29 is 8.78 Å². The van der Waals surface area contributed by atoms with Crippen molar-refractivity contribution in [1.29, 1.82) is 0 Å². The molecule has 0 saturated carbocycles. The van der Waals surface area contributed by atoms with E-state index in [4.69, 9.17) is 0 Å². The molecular formula is C10H10F2N4S. The predicted octanol–water partition coefficient (Wildman–Crippen LogP) is 2.34. The van der Waals surface area contributed by atoms with Crippen molar-refractivity contribution in [3.05, 3.63) is 35.4 Å². The quantitative estimate of drug-likeness (QED) is 0.791. The Balaban J connectivity index is 2.26. The van der Waals surface area contributed by atoms with Crippen LogP contribution in [0, 0.1) is 11.6 Å². The smallest absolute Gasteiger partial charge is 0.209 e. The van der Waals surface area contributed by atoms with E-state index in [1.54, 1.807) is 14.0 Å². The highest BCUT2D eigenvalue weighted by molar-refractivity contribution is 7.99. The third-order valence-corrected chi connectivity index (χ3v) is 3.42. The van der Waals surface area contributed by atoms with Gasteiger partial charge in [-0.3, -0.25) is 0 Å². The summed E-state index contributed by atoms with van der Waals surface area (Å²) in [5, 5.41) is 11.0. The molecule has 0 amide bonds. The third-order valence-electron chi connectivity index (χ3n) is 2.27. The zero-order chi connectivity index (χ0) is 12.4. The van der Waals surface area contributed by atoms with E-state index in [9.17, 15) is 8.78 Å². The summed E-state index contributed by atoms with van der Waals surface area (Å²) in [7, 11) is 1.67. The van der Waals surface area contributed by atoms with E-state index in [1.165, 1.54) is 34.6 Å². The molecule has 2 rings (SSSR count). The Kier molecular flexibility index (Phi) is 3.37. The molecule has 0 N–H and O–H groups in total. The number of aryl methyl sites for hydroxylation is 1. The molecule has 1 aromatic carbocycles. The van der Waals surface area contributed by atoms with Crippen LogP contribution in [-0.2, 0) is 7.05 Å². The summed E-state index contributed by atoms with van der Waals surface area (Å²) in [6.07, 6.45) is 0. The number of hydrogen-bond donors (Lipinski definition) is 0. The molecule has 0 fully saturated rings. The van der Waals surface area contributed by atoms with Gasteiger partial charge in [-0.2, -0.15) is 0 Å². The molecule has 17 heavy (non-hydrogen) atoms. The minimum atomic E-state index is -0.555. The molecule has 1 aromatic heterocycles. The zero-order valence-corrected chi connectivity index (χ0v) is 10.1. The van der Waals surface area contributed by atoms with E-state index in [1.807, 2.05) is 0 Å². The standard InChI is InChI=1S/C10H10F2N4S/c1-6(17-10-13-14-15-16(10)2)9-7(11)4-3-5-8(9)12/h3-6H,1-2H3/t6-/m1/s1. The maximum Gasteiger partial charge on any atom is 0.209 e. The van der Waals surface area contributed by atoms with Crippen molar-refractivity contribution in [2.75, 3.05) is 0 Å². The molecule has 0 aliphatic carbocycles. The lowest BCUT2D eigenvalue weighted by Crippen LogP contribution is -2.00. The van der Waals surface area contributed by atoms with Crippen molar-refractivity contribution >= 4 is 11.8 Å². The van der Waals surface area contributed by atoms with E-state index in [0.717, 1.165) is 0 Å². The van der Waals surface area contributed by atoms with Crippen molar-refractivity contribution in [3.63, 3.8) is 0 Å². The predicted molar refractivity (Wildman–Crippen MR) is 59.4 cm³/mol. The second kappa shape index (κ2) is 4.79. The molecule has 7 heteroatoms. The fraction of sp³-hybridized carbons (Fsp3) is 0.300. The molecule has 0 spiro atoms. The van der Waals surface area contributed by atoms with Crippen LogP contribution in [0.15, 0.2) is 23.4 Å². The van der Waals surface area contributed by atoms with Gasteiger partial charge in [0.05, 0.1) is 0 Å². The van der Waals surface area contributed by atoms with Gasteiger partial charge in [0.15, 0.2) is 0 Å². The van der Waals surface area contributed by atoms with Crippen LogP contribution < -0.4 is 0 Å². The number of rotatable bonds is 3. The molecule has 0 bridgehead atoms. The number of nitrogens with zero attached hydrogens (tertiary/aromatic N) is 4.